The number of esters is 1. The van der Waals surface area contributed by atoms with Crippen LogP contribution in [0.1, 0.15) is 43.2 Å². The number of carbonyl (C=O) groups is 2. The van der Waals surface area contributed by atoms with E-state index in [2.05, 4.69) is 0 Å². The maximum atomic E-state index is 12.4. The highest BCUT2D eigenvalue weighted by Gasteiger charge is 2.30. The number of hydrogen-bond acceptors (Lipinski definition) is 7. The van der Waals surface area contributed by atoms with Crippen LogP contribution in [0.15, 0.2) is 30.3 Å². The van der Waals surface area contributed by atoms with E-state index in [4.69, 9.17) is 52.6 Å². The number of rotatable bonds is 15. The third-order valence-corrected chi connectivity index (χ3v) is 6.36. The van der Waals surface area contributed by atoms with Gasteiger partial charge in [-0.3, -0.25) is 9.59 Å². The molecule has 8 nitrogen and oxygen atoms in total. The van der Waals surface area contributed by atoms with Crippen molar-refractivity contribution in [2.45, 2.75) is 49.3 Å². The molecule has 0 saturated carbocycles. The molecule has 198 valence electrons. The molecule has 0 fully saturated rings. The molecule has 36 heavy (non-hydrogen) atoms. The lowest BCUT2D eigenvalue weighted by Crippen LogP contribution is -2.33. The van der Waals surface area contributed by atoms with E-state index in [1.165, 1.54) is 7.11 Å². The molecule has 0 bridgehead atoms. The van der Waals surface area contributed by atoms with Gasteiger partial charge in [0.05, 0.1) is 28.4 Å². The minimum atomic E-state index is -1.59. The minimum absolute atomic E-state index is 0.201. The fraction of sp³-hybridized carbons (Fsp3) is 0.462. The normalized spacial score (nSPS) is 11.1. The van der Waals surface area contributed by atoms with E-state index in [9.17, 15) is 9.59 Å². The number of hydrogen-bond donors (Lipinski definition) is 1. The molecule has 0 aliphatic heterocycles. The monoisotopic (exact) mass is 541 g/mol. The topological polar surface area (TPSA) is 106 Å². The number of aryl methyl sites for hydroxylation is 2. The smallest absolute Gasteiger partial charge is 0.311 e. The van der Waals surface area contributed by atoms with Crippen LogP contribution in [-0.2, 0) is 22.4 Å². The Morgan fingerprint density at radius 1 is 0.778 bits per heavy atom. The fourth-order valence-corrected chi connectivity index (χ4v) is 3.88. The van der Waals surface area contributed by atoms with Crippen LogP contribution >= 0.6 is 23.2 Å². The van der Waals surface area contributed by atoms with E-state index >= 15 is 0 Å². The zero-order valence-corrected chi connectivity index (χ0v) is 22.5. The molecule has 0 aromatic heterocycles. The van der Waals surface area contributed by atoms with Crippen LogP contribution in [0.5, 0.6) is 28.7 Å². The molecule has 0 unspecified atom stereocenters. The lowest BCUT2D eigenvalue weighted by molar-refractivity contribution is -0.134. The van der Waals surface area contributed by atoms with Gasteiger partial charge in [0.1, 0.15) is 0 Å². The standard InChI is InChI=1S/C26H33Cl2NO7/c1-32-19-12-11-17(9-10-18-15-21(33-2)24(35-4)22(16-18)34-3)14-20(19)36-23(30)8-6-5-7-13-26(27,28)25(29)31/h11-12,14-16H,5-10,13H2,1-4H3,(H2,29,31). The van der Waals surface area contributed by atoms with E-state index in [-0.39, 0.29) is 18.8 Å². The van der Waals surface area contributed by atoms with Crippen molar-refractivity contribution in [3.05, 3.63) is 41.5 Å². The number of alkyl halides is 2. The van der Waals surface area contributed by atoms with Crippen LogP contribution < -0.4 is 29.4 Å². The van der Waals surface area contributed by atoms with Gasteiger partial charge in [-0.05, 0) is 67.5 Å². The fourth-order valence-electron chi connectivity index (χ4n) is 3.61. The maximum absolute atomic E-state index is 12.4. The molecule has 2 aromatic carbocycles. The number of methoxy groups -OCH3 is 4. The molecule has 2 N–H and O–H groups in total. The lowest BCUT2D eigenvalue weighted by Gasteiger charge is -2.15. The van der Waals surface area contributed by atoms with Gasteiger partial charge in [0, 0.05) is 6.42 Å². The average molecular weight is 542 g/mol. The Labute approximate surface area is 221 Å². The van der Waals surface area contributed by atoms with Gasteiger partial charge >= 0.3 is 5.97 Å². The SMILES string of the molecule is COc1ccc(CCc2cc(OC)c(OC)c(OC)c2)cc1OC(=O)CCCCCC(Cl)(Cl)C(N)=O. The molecular weight excluding hydrogens is 509 g/mol. The van der Waals surface area contributed by atoms with Crippen LogP contribution in [0.3, 0.4) is 0 Å². The summed E-state index contributed by atoms with van der Waals surface area (Å²) in [7, 11) is 6.24. The zero-order chi connectivity index (χ0) is 26.7. The zero-order valence-electron chi connectivity index (χ0n) is 21.0. The van der Waals surface area contributed by atoms with Crippen molar-refractivity contribution in [2.24, 2.45) is 5.73 Å². The van der Waals surface area contributed by atoms with Gasteiger partial charge in [0.25, 0.3) is 5.91 Å². The Morgan fingerprint density at radius 3 is 1.92 bits per heavy atom. The Hall–Kier alpha value is -2.84. The molecule has 0 aliphatic rings. The third kappa shape index (κ3) is 8.38. The van der Waals surface area contributed by atoms with Crippen molar-refractivity contribution in [1.29, 1.82) is 0 Å². The van der Waals surface area contributed by atoms with E-state index < -0.39 is 10.2 Å². The highest BCUT2D eigenvalue weighted by Crippen LogP contribution is 2.38. The van der Waals surface area contributed by atoms with Gasteiger partial charge < -0.3 is 29.4 Å². The first kappa shape index (κ1) is 29.4. The van der Waals surface area contributed by atoms with Gasteiger partial charge in [-0.25, -0.2) is 0 Å². The molecule has 1 amide bonds. The van der Waals surface area contributed by atoms with Crippen molar-refractivity contribution in [1.82, 2.24) is 0 Å². The van der Waals surface area contributed by atoms with Gasteiger partial charge in [-0.15, -0.1) is 0 Å². The summed E-state index contributed by atoms with van der Waals surface area (Å²) in [5.74, 6) is 1.40. The second kappa shape index (κ2) is 14.0. The average Bonchev–Trinajstić information content (AvgIpc) is 2.86. The Kier molecular flexibility index (Phi) is 11.5. The summed E-state index contributed by atoms with van der Waals surface area (Å²) >= 11 is 11.7. The van der Waals surface area contributed by atoms with Crippen molar-refractivity contribution in [3.63, 3.8) is 0 Å². The first-order valence-electron chi connectivity index (χ1n) is 11.5. The second-order valence-electron chi connectivity index (χ2n) is 8.12. The number of halogens is 2. The molecule has 0 aliphatic carbocycles. The number of primary amides is 1. The highest BCUT2D eigenvalue weighted by atomic mass is 35.5. The summed E-state index contributed by atoms with van der Waals surface area (Å²) in [6.45, 7) is 0. The number of nitrogens with two attached hydrogens (primary N) is 1. The summed E-state index contributed by atoms with van der Waals surface area (Å²) < 4.78 is 25.6. The molecule has 10 heteroatoms. The highest BCUT2D eigenvalue weighted by molar-refractivity contribution is 6.57. The van der Waals surface area contributed by atoms with Crippen molar-refractivity contribution in [3.8, 4) is 28.7 Å². The van der Waals surface area contributed by atoms with Crippen LogP contribution in [0.2, 0.25) is 0 Å². The van der Waals surface area contributed by atoms with E-state index in [0.29, 0.717) is 60.9 Å². The Morgan fingerprint density at radius 2 is 1.36 bits per heavy atom. The van der Waals surface area contributed by atoms with Crippen LogP contribution in [0.4, 0.5) is 0 Å². The summed E-state index contributed by atoms with van der Waals surface area (Å²) in [6, 6.07) is 9.33. The van der Waals surface area contributed by atoms with Gasteiger partial charge in [-0.2, -0.15) is 0 Å². The summed E-state index contributed by atoms with van der Waals surface area (Å²) in [5.41, 5.74) is 7.13. The number of ether oxygens (including phenoxy) is 5. The van der Waals surface area contributed by atoms with E-state index in [0.717, 1.165) is 11.1 Å². The Bertz CT molecular complexity index is 1020. The van der Waals surface area contributed by atoms with Crippen molar-refractivity contribution < 1.29 is 33.3 Å². The molecule has 0 spiro atoms. The van der Waals surface area contributed by atoms with Gasteiger partial charge in [0.15, 0.2) is 27.3 Å². The number of carbonyl (C=O) groups excluding carboxylic acids is 2. The number of unbranched alkanes of at least 4 members (excludes halogenated alkanes) is 2. The summed E-state index contributed by atoms with van der Waals surface area (Å²) in [6.07, 6.45) is 3.58. The maximum Gasteiger partial charge on any atom is 0.311 e. The predicted molar refractivity (Wildman–Crippen MR) is 139 cm³/mol. The van der Waals surface area contributed by atoms with Crippen molar-refractivity contribution >= 4 is 35.1 Å². The third-order valence-electron chi connectivity index (χ3n) is 5.61. The molecule has 0 heterocycles. The van der Waals surface area contributed by atoms with Gasteiger partial charge in [-0.1, -0.05) is 35.7 Å². The molecule has 0 radical (unpaired) electrons. The summed E-state index contributed by atoms with van der Waals surface area (Å²) in [4.78, 5) is 23.5. The molecule has 2 aromatic rings. The van der Waals surface area contributed by atoms with E-state index in [1.807, 2.05) is 18.2 Å². The molecule has 2 rings (SSSR count). The number of amides is 1. The second-order valence-corrected chi connectivity index (χ2v) is 9.61. The van der Waals surface area contributed by atoms with Gasteiger partial charge in [0.2, 0.25) is 5.75 Å². The largest absolute Gasteiger partial charge is 0.493 e. The molecule has 0 atom stereocenters. The summed E-state index contributed by atoms with van der Waals surface area (Å²) in [5, 5.41) is 0. The first-order valence-corrected chi connectivity index (χ1v) is 12.2. The quantitative estimate of drug-likeness (QED) is 0.146. The van der Waals surface area contributed by atoms with E-state index in [1.54, 1.807) is 33.5 Å². The van der Waals surface area contributed by atoms with Crippen LogP contribution in [0.25, 0.3) is 0 Å². The molecular formula is C26H33Cl2NO7. The molecule has 0 saturated heterocycles. The number of benzene rings is 2. The lowest BCUT2D eigenvalue weighted by atomic mass is 10.0. The van der Waals surface area contributed by atoms with Crippen LogP contribution in [0, 0.1) is 0 Å². The van der Waals surface area contributed by atoms with Crippen LogP contribution in [-0.4, -0.2) is 44.6 Å². The predicted octanol–water partition coefficient (Wildman–Crippen LogP) is 5.02. The minimum Gasteiger partial charge on any atom is -0.493 e. The van der Waals surface area contributed by atoms with Crippen molar-refractivity contribution in [2.75, 3.05) is 28.4 Å². The Balaban J connectivity index is 1.97. The first-order chi connectivity index (χ1) is 17.1.